The molecular weight excluding hydrogens is 287 g/mol. The second-order valence-corrected chi connectivity index (χ2v) is 7.43. The van der Waals surface area contributed by atoms with E-state index < -0.39 is 7.01 Å². The van der Waals surface area contributed by atoms with Crippen molar-refractivity contribution in [3.05, 3.63) is 29.3 Å². The first kappa shape index (κ1) is 9.98. The molecule has 0 radical (unpaired) electrons. The monoisotopic (exact) mass is 296 g/mol. The van der Waals surface area contributed by atoms with Crippen LogP contribution in [0.2, 0.25) is 0 Å². The highest BCUT2D eigenvalue weighted by Gasteiger charge is 2.12. The van der Waals surface area contributed by atoms with E-state index >= 15 is 0 Å². The largest absolute Gasteiger partial charge is 0.231 e. The van der Waals surface area contributed by atoms with Crippen molar-refractivity contribution in [2.45, 2.75) is 18.7 Å². The van der Waals surface area contributed by atoms with Crippen LogP contribution in [0.1, 0.15) is 11.1 Å². The molecule has 0 bridgehead atoms. The summed E-state index contributed by atoms with van der Waals surface area (Å²) >= 11 is 1.46. The van der Waals surface area contributed by atoms with Gasteiger partial charge in [0, 0.05) is 0 Å². The van der Waals surface area contributed by atoms with Crippen LogP contribution in [0.25, 0.3) is 0 Å². The highest BCUT2D eigenvalue weighted by Crippen LogP contribution is 2.23. The normalized spacial score (nSPS) is 11.6. The van der Waals surface area contributed by atoms with Gasteiger partial charge >= 0.3 is 0 Å². The van der Waals surface area contributed by atoms with Gasteiger partial charge in [0.15, 0.2) is 0 Å². The van der Waals surface area contributed by atoms with Crippen LogP contribution >= 0.6 is 21.2 Å². The third kappa shape index (κ3) is 1.98. The predicted octanol–water partition coefficient (Wildman–Crippen LogP) is 2.43. The molecule has 0 unspecified atom stereocenters. The molecule has 0 aliphatic carbocycles. The molecule has 1 aromatic rings. The van der Waals surface area contributed by atoms with E-state index in [0.717, 1.165) is 11.1 Å². The van der Waals surface area contributed by atoms with E-state index in [1.54, 1.807) is 12.1 Å². The maximum absolute atomic E-state index is 11.2. The summed E-state index contributed by atoms with van der Waals surface area (Å²) in [6.07, 6.45) is 0. The van der Waals surface area contributed by atoms with Gasteiger partial charge in [0.1, 0.15) is 0 Å². The molecule has 1 rings (SSSR count). The van der Waals surface area contributed by atoms with Gasteiger partial charge in [-0.25, -0.2) is 8.42 Å². The topological polar surface area (TPSA) is 34.1 Å². The summed E-state index contributed by atoms with van der Waals surface area (Å²) in [5, 5.41) is 0. The number of hydrogen-bond acceptors (Lipinski definition) is 2. The molecule has 0 atom stereocenters. The number of hydrogen-bond donors (Lipinski definition) is 0. The van der Waals surface area contributed by atoms with Gasteiger partial charge in [-0.3, -0.25) is 0 Å². The minimum Gasteiger partial charge on any atom is -0.213 e. The molecular formula is C8H9IO2S. The number of aryl methyl sites for hydroxylation is 1. The van der Waals surface area contributed by atoms with Crippen LogP contribution in [0.15, 0.2) is 23.1 Å². The molecule has 1 aromatic carbocycles. The highest BCUT2D eigenvalue weighted by atomic mass is 127. The molecule has 0 saturated heterocycles. The van der Waals surface area contributed by atoms with E-state index in [-0.39, 0.29) is 0 Å². The minimum atomic E-state index is -3.09. The molecule has 0 aliphatic rings. The van der Waals surface area contributed by atoms with Gasteiger partial charge in [-0.1, -0.05) is 12.1 Å². The first-order valence-corrected chi connectivity index (χ1v) is 7.46. The summed E-state index contributed by atoms with van der Waals surface area (Å²) in [5.74, 6) is 0. The quantitative estimate of drug-likeness (QED) is 0.589. The predicted molar refractivity (Wildman–Crippen MR) is 57.1 cm³/mol. The molecule has 0 saturated carbocycles. The minimum absolute atomic E-state index is 0.420. The van der Waals surface area contributed by atoms with Crippen LogP contribution in [0.5, 0.6) is 0 Å². The Hall–Kier alpha value is -0.100. The van der Waals surface area contributed by atoms with Crippen molar-refractivity contribution < 1.29 is 8.42 Å². The molecule has 66 valence electrons. The summed E-state index contributed by atoms with van der Waals surface area (Å²) in [6, 6.07) is 5.29. The molecule has 0 amide bonds. The fourth-order valence-electron chi connectivity index (χ4n) is 0.988. The standard InChI is InChI=1S/C8H9IO2S/c1-6-4-3-5-8(7(6)2)12(9,10)11/h3-5H,1-2H3. The molecule has 0 heterocycles. The fraction of sp³-hybridized carbons (Fsp3) is 0.250. The molecule has 12 heavy (non-hydrogen) atoms. The molecule has 4 heteroatoms. The van der Waals surface area contributed by atoms with Crippen LogP contribution in [0, 0.1) is 13.8 Å². The number of benzene rings is 1. The van der Waals surface area contributed by atoms with Crippen LogP contribution in [-0.2, 0) is 7.01 Å². The van der Waals surface area contributed by atoms with Gasteiger partial charge in [0.05, 0.1) is 26.1 Å². The summed E-state index contributed by atoms with van der Waals surface area (Å²) in [4.78, 5) is 0.420. The number of halogens is 1. The Morgan fingerprint density at radius 1 is 1.25 bits per heavy atom. The molecule has 0 fully saturated rings. The van der Waals surface area contributed by atoms with Gasteiger partial charge in [-0.2, -0.15) is 0 Å². The van der Waals surface area contributed by atoms with Crippen LogP contribution in [0.4, 0.5) is 0 Å². The Kier molecular flexibility index (Phi) is 2.77. The van der Waals surface area contributed by atoms with Crippen molar-refractivity contribution in [2.24, 2.45) is 0 Å². The third-order valence-corrected chi connectivity index (χ3v) is 4.21. The average molecular weight is 296 g/mol. The van der Waals surface area contributed by atoms with Crippen LogP contribution < -0.4 is 0 Å². The first-order chi connectivity index (χ1) is 5.43. The Labute approximate surface area is 84.5 Å². The van der Waals surface area contributed by atoms with Crippen molar-refractivity contribution in [1.29, 1.82) is 0 Å². The van der Waals surface area contributed by atoms with Crippen molar-refractivity contribution in [3.63, 3.8) is 0 Å². The van der Waals surface area contributed by atoms with Gasteiger partial charge in [-0.05, 0) is 31.0 Å². The first-order valence-electron chi connectivity index (χ1n) is 3.44. The Balaban J connectivity index is 3.47. The van der Waals surface area contributed by atoms with Crippen molar-refractivity contribution in [2.75, 3.05) is 0 Å². The summed E-state index contributed by atoms with van der Waals surface area (Å²) in [6.45, 7) is 3.72. The SMILES string of the molecule is Cc1cccc(S(=O)(=O)I)c1C. The second-order valence-electron chi connectivity index (χ2n) is 2.64. The van der Waals surface area contributed by atoms with Gasteiger partial charge in [-0.15, -0.1) is 0 Å². The van der Waals surface area contributed by atoms with E-state index in [0.29, 0.717) is 4.90 Å². The Morgan fingerprint density at radius 2 is 1.83 bits per heavy atom. The second kappa shape index (κ2) is 3.33. The van der Waals surface area contributed by atoms with Crippen molar-refractivity contribution in [3.8, 4) is 0 Å². The lowest BCUT2D eigenvalue weighted by Crippen LogP contribution is -1.95. The van der Waals surface area contributed by atoms with E-state index in [4.69, 9.17) is 0 Å². The lowest BCUT2D eigenvalue weighted by Gasteiger charge is -2.03. The summed E-state index contributed by atoms with van der Waals surface area (Å²) < 4.78 is 22.4. The lowest BCUT2D eigenvalue weighted by atomic mass is 10.1. The summed E-state index contributed by atoms with van der Waals surface area (Å²) in [5.41, 5.74) is 1.85. The number of rotatable bonds is 1. The van der Waals surface area contributed by atoms with Crippen molar-refractivity contribution in [1.82, 2.24) is 0 Å². The van der Waals surface area contributed by atoms with E-state index in [2.05, 4.69) is 0 Å². The summed E-state index contributed by atoms with van der Waals surface area (Å²) in [7, 11) is -3.09. The van der Waals surface area contributed by atoms with Gasteiger partial charge < -0.3 is 0 Å². The van der Waals surface area contributed by atoms with Gasteiger partial charge in [0.25, 0.3) is 0 Å². The zero-order valence-electron chi connectivity index (χ0n) is 6.83. The maximum Gasteiger partial charge on any atom is 0.231 e. The van der Waals surface area contributed by atoms with Crippen molar-refractivity contribution >= 4 is 28.2 Å². The molecule has 0 N–H and O–H groups in total. The lowest BCUT2D eigenvalue weighted by molar-refractivity contribution is 0.612. The molecule has 0 aliphatic heterocycles. The smallest absolute Gasteiger partial charge is 0.213 e. The maximum atomic E-state index is 11.2. The average Bonchev–Trinajstić information content (AvgIpc) is 1.92. The van der Waals surface area contributed by atoms with E-state index in [1.165, 1.54) is 21.2 Å². The molecule has 0 aromatic heterocycles. The van der Waals surface area contributed by atoms with Gasteiger partial charge in [0.2, 0.25) is 7.01 Å². The molecule has 2 nitrogen and oxygen atoms in total. The Morgan fingerprint density at radius 3 is 2.25 bits per heavy atom. The molecule has 0 spiro atoms. The zero-order valence-corrected chi connectivity index (χ0v) is 9.81. The third-order valence-electron chi connectivity index (χ3n) is 1.82. The van der Waals surface area contributed by atoms with E-state index in [9.17, 15) is 8.42 Å². The van der Waals surface area contributed by atoms with Crippen LogP contribution in [-0.4, -0.2) is 8.42 Å². The van der Waals surface area contributed by atoms with E-state index in [1.807, 2.05) is 19.9 Å². The Bertz CT molecular complexity index is 396. The fourth-order valence-corrected chi connectivity index (χ4v) is 3.19. The zero-order chi connectivity index (χ0) is 9.35. The van der Waals surface area contributed by atoms with Crippen LogP contribution in [0.3, 0.4) is 0 Å². The highest BCUT2D eigenvalue weighted by molar-refractivity contribution is 14.2.